The van der Waals surface area contributed by atoms with Gasteiger partial charge in [0.25, 0.3) is 0 Å². The molecule has 2 aromatic carbocycles. The molecule has 0 atom stereocenters. The van der Waals surface area contributed by atoms with Gasteiger partial charge < -0.3 is 0 Å². The summed E-state index contributed by atoms with van der Waals surface area (Å²) in [5.41, 5.74) is 4.35. The van der Waals surface area contributed by atoms with E-state index in [4.69, 9.17) is 11.6 Å². The normalized spacial score (nSPS) is 12.5. The van der Waals surface area contributed by atoms with Crippen molar-refractivity contribution in [1.29, 1.82) is 0 Å². The van der Waals surface area contributed by atoms with Crippen molar-refractivity contribution in [1.82, 2.24) is 0 Å². The lowest BCUT2D eigenvalue weighted by atomic mass is 9.95. The smallest absolute Gasteiger partial charge is 0.167 e. The second kappa shape index (κ2) is 5.41. The van der Waals surface area contributed by atoms with Crippen LogP contribution in [0.15, 0.2) is 35.3 Å². The van der Waals surface area contributed by atoms with E-state index in [1.807, 2.05) is 25.3 Å². The minimum absolute atomic E-state index is 0.000533. The zero-order valence-corrected chi connectivity index (χ0v) is 12.2. The molecule has 4 heteroatoms. The molecule has 1 aliphatic rings. The number of aliphatic imine (C=N–C) groups is 1. The average molecular weight is 302 g/mol. The number of Topliss-reactive ketones (excluding diaryl/α,β-unsaturated/α-hetero) is 1. The van der Waals surface area contributed by atoms with E-state index in [1.54, 1.807) is 6.07 Å². The van der Waals surface area contributed by atoms with E-state index in [0.29, 0.717) is 17.5 Å². The summed E-state index contributed by atoms with van der Waals surface area (Å²) in [5, 5.41) is 0.0396. The molecule has 2 nitrogen and oxygen atoms in total. The Bertz CT molecular complexity index is 768. The van der Waals surface area contributed by atoms with Crippen molar-refractivity contribution in [3.63, 3.8) is 0 Å². The molecule has 0 N–H and O–H groups in total. The van der Waals surface area contributed by atoms with Crippen molar-refractivity contribution >= 4 is 29.3 Å². The fraction of sp³-hybridized carbons (Fsp3) is 0.176. The molecule has 0 fully saturated rings. The number of halogens is 2. The van der Waals surface area contributed by atoms with Crippen molar-refractivity contribution in [3.05, 3.63) is 63.4 Å². The van der Waals surface area contributed by atoms with Gasteiger partial charge in [0.15, 0.2) is 5.78 Å². The van der Waals surface area contributed by atoms with Crippen LogP contribution in [0.4, 0.5) is 10.1 Å². The fourth-order valence-corrected chi connectivity index (χ4v) is 2.76. The van der Waals surface area contributed by atoms with E-state index < -0.39 is 5.82 Å². The molecule has 1 heterocycles. The molecule has 3 rings (SSSR count). The molecular weight excluding hydrogens is 289 g/mol. The number of carbonyl (C=O) groups is 1. The van der Waals surface area contributed by atoms with Gasteiger partial charge >= 0.3 is 0 Å². The van der Waals surface area contributed by atoms with Crippen LogP contribution in [0.5, 0.6) is 0 Å². The van der Waals surface area contributed by atoms with Crippen molar-refractivity contribution < 1.29 is 9.18 Å². The van der Waals surface area contributed by atoms with Crippen LogP contribution in [0.2, 0.25) is 5.02 Å². The zero-order valence-electron chi connectivity index (χ0n) is 11.5. The predicted octanol–water partition coefficient (Wildman–Crippen LogP) is 4.47. The van der Waals surface area contributed by atoms with E-state index >= 15 is 0 Å². The second-order valence-corrected chi connectivity index (χ2v) is 5.53. The number of fused-ring (bicyclic) bond motifs is 1. The Morgan fingerprint density at radius 1 is 1.33 bits per heavy atom. The molecule has 0 saturated heterocycles. The summed E-state index contributed by atoms with van der Waals surface area (Å²) in [6.07, 6.45) is 2.71. The van der Waals surface area contributed by atoms with Crippen LogP contribution in [-0.4, -0.2) is 12.0 Å². The van der Waals surface area contributed by atoms with Crippen LogP contribution in [-0.2, 0) is 12.8 Å². The minimum atomic E-state index is -0.475. The molecule has 0 radical (unpaired) electrons. The number of aryl methyl sites for hydroxylation is 1. The summed E-state index contributed by atoms with van der Waals surface area (Å²) in [7, 11) is 0. The Balaban J connectivity index is 1.90. The quantitative estimate of drug-likeness (QED) is 0.769. The van der Waals surface area contributed by atoms with Crippen molar-refractivity contribution in [2.75, 3.05) is 0 Å². The molecule has 0 unspecified atom stereocenters. The predicted molar refractivity (Wildman–Crippen MR) is 82.5 cm³/mol. The standard InChI is InChI=1S/C17H13ClFNO/c1-10-2-4-12(13-6-7-20-17(10)13)16(21)9-11-3-5-15(19)14(18)8-11/h2-5,7-8H,6,9H2,1H3. The van der Waals surface area contributed by atoms with Gasteiger partial charge in [0.1, 0.15) is 5.82 Å². The first-order valence-corrected chi connectivity index (χ1v) is 7.06. The monoisotopic (exact) mass is 301 g/mol. The van der Waals surface area contributed by atoms with Crippen molar-refractivity contribution in [2.24, 2.45) is 4.99 Å². The minimum Gasteiger partial charge on any atom is -0.294 e. The van der Waals surface area contributed by atoms with Gasteiger partial charge in [0.2, 0.25) is 0 Å². The zero-order chi connectivity index (χ0) is 15.0. The number of benzene rings is 2. The van der Waals surface area contributed by atoms with Crippen LogP contribution in [0, 0.1) is 12.7 Å². The number of hydrogen-bond acceptors (Lipinski definition) is 2. The summed E-state index contributed by atoms with van der Waals surface area (Å²) in [4.78, 5) is 16.8. The summed E-state index contributed by atoms with van der Waals surface area (Å²) in [5.74, 6) is -0.475. The molecule has 0 saturated carbocycles. The SMILES string of the molecule is Cc1ccc(C(=O)Cc2ccc(F)c(Cl)c2)c2c1N=CC2. The number of hydrogen-bond donors (Lipinski definition) is 0. The summed E-state index contributed by atoms with van der Waals surface area (Å²) < 4.78 is 13.1. The van der Waals surface area contributed by atoms with E-state index in [-0.39, 0.29) is 17.2 Å². The third kappa shape index (κ3) is 2.61. The number of carbonyl (C=O) groups excluding carboxylic acids is 1. The van der Waals surface area contributed by atoms with E-state index in [2.05, 4.69) is 4.99 Å². The van der Waals surface area contributed by atoms with Gasteiger partial charge in [0.05, 0.1) is 10.7 Å². The number of rotatable bonds is 3. The van der Waals surface area contributed by atoms with Crippen LogP contribution in [0.1, 0.15) is 27.0 Å². The lowest BCUT2D eigenvalue weighted by molar-refractivity contribution is 0.0992. The van der Waals surface area contributed by atoms with Gasteiger partial charge in [-0.1, -0.05) is 29.8 Å². The van der Waals surface area contributed by atoms with E-state index in [0.717, 1.165) is 16.8 Å². The maximum absolute atomic E-state index is 13.1. The maximum atomic E-state index is 13.1. The molecule has 1 aliphatic heterocycles. The van der Waals surface area contributed by atoms with E-state index in [1.165, 1.54) is 12.1 Å². The number of ketones is 1. The Labute approximate surface area is 127 Å². The molecule has 0 bridgehead atoms. The molecule has 0 aliphatic carbocycles. The fourth-order valence-electron chi connectivity index (χ4n) is 2.56. The lowest BCUT2D eigenvalue weighted by Gasteiger charge is -2.09. The third-order valence-corrected chi connectivity index (χ3v) is 3.94. The molecule has 21 heavy (non-hydrogen) atoms. The van der Waals surface area contributed by atoms with Crippen LogP contribution < -0.4 is 0 Å². The summed E-state index contributed by atoms with van der Waals surface area (Å²) in [6, 6.07) is 8.13. The average Bonchev–Trinajstić information content (AvgIpc) is 2.93. The second-order valence-electron chi connectivity index (χ2n) is 5.12. The first-order valence-electron chi connectivity index (χ1n) is 6.68. The van der Waals surface area contributed by atoms with Gasteiger partial charge in [-0.15, -0.1) is 0 Å². The Morgan fingerprint density at radius 3 is 2.90 bits per heavy atom. The van der Waals surface area contributed by atoms with Gasteiger partial charge in [-0.05, 0) is 35.7 Å². The first-order chi connectivity index (χ1) is 10.1. The molecule has 2 aromatic rings. The lowest BCUT2D eigenvalue weighted by Crippen LogP contribution is -2.07. The highest BCUT2D eigenvalue weighted by molar-refractivity contribution is 6.30. The van der Waals surface area contributed by atoms with Crippen LogP contribution in [0.3, 0.4) is 0 Å². The van der Waals surface area contributed by atoms with Crippen LogP contribution in [0.25, 0.3) is 0 Å². The van der Waals surface area contributed by atoms with Gasteiger partial charge in [-0.3, -0.25) is 9.79 Å². The Morgan fingerprint density at radius 2 is 2.14 bits per heavy atom. The van der Waals surface area contributed by atoms with Crippen molar-refractivity contribution in [2.45, 2.75) is 19.8 Å². The molecule has 0 amide bonds. The third-order valence-electron chi connectivity index (χ3n) is 3.65. The van der Waals surface area contributed by atoms with Crippen LogP contribution >= 0.6 is 11.6 Å². The topological polar surface area (TPSA) is 29.4 Å². The highest BCUT2D eigenvalue weighted by Crippen LogP contribution is 2.31. The highest BCUT2D eigenvalue weighted by Gasteiger charge is 2.19. The van der Waals surface area contributed by atoms with E-state index in [9.17, 15) is 9.18 Å². The molecule has 106 valence electrons. The number of nitrogens with zero attached hydrogens (tertiary/aromatic N) is 1. The van der Waals surface area contributed by atoms with Gasteiger partial charge in [-0.2, -0.15) is 0 Å². The molecule has 0 spiro atoms. The Hall–Kier alpha value is -2.00. The van der Waals surface area contributed by atoms with Gasteiger partial charge in [0, 0.05) is 24.6 Å². The molecule has 0 aromatic heterocycles. The maximum Gasteiger partial charge on any atom is 0.167 e. The van der Waals surface area contributed by atoms with Gasteiger partial charge in [-0.25, -0.2) is 4.39 Å². The summed E-state index contributed by atoms with van der Waals surface area (Å²) >= 11 is 5.75. The Kier molecular flexibility index (Phi) is 3.60. The highest BCUT2D eigenvalue weighted by atomic mass is 35.5. The largest absolute Gasteiger partial charge is 0.294 e. The molecular formula is C17H13ClFNO. The summed E-state index contributed by atoms with van der Waals surface area (Å²) in [6.45, 7) is 1.98. The van der Waals surface area contributed by atoms with Crippen molar-refractivity contribution in [3.8, 4) is 0 Å². The first kappa shape index (κ1) is 14.0.